The molecule has 32 heavy (non-hydrogen) atoms. The standard InChI is InChI=1S/C24H27N3O5/c1-15-5-4-6-16(2)23(15)25-21(28)14-26(3)24(30)17-11-22(29)27(13-17)18-7-8-19-20(12-18)32-10-9-31-19/h4-8,12,17H,9-11,13-14H2,1-3H3,(H,25,28)/t17-/m1/s1. The molecule has 1 saturated heterocycles. The van der Waals surface area contributed by atoms with Crippen LogP contribution >= 0.6 is 0 Å². The molecule has 2 aliphatic heterocycles. The van der Waals surface area contributed by atoms with E-state index in [0.717, 1.165) is 16.8 Å². The van der Waals surface area contributed by atoms with Crippen molar-refractivity contribution in [1.82, 2.24) is 4.90 Å². The maximum absolute atomic E-state index is 12.9. The molecule has 0 aliphatic carbocycles. The van der Waals surface area contributed by atoms with Crippen LogP contribution in [0.25, 0.3) is 0 Å². The molecular weight excluding hydrogens is 410 g/mol. The monoisotopic (exact) mass is 437 g/mol. The first kappa shape index (κ1) is 21.7. The first-order valence-electron chi connectivity index (χ1n) is 10.6. The zero-order valence-corrected chi connectivity index (χ0v) is 18.5. The van der Waals surface area contributed by atoms with E-state index in [2.05, 4.69) is 5.32 Å². The Labute approximate surface area is 187 Å². The van der Waals surface area contributed by atoms with Crippen molar-refractivity contribution in [3.63, 3.8) is 0 Å². The summed E-state index contributed by atoms with van der Waals surface area (Å²) in [5, 5.41) is 2.89. The summed E-state index contributed by atoms with van der Waals surface area (Å²) in [7, 11) is 1.59. The fourth-order valence-corrected chi connectivity index (χ4v) is 4.12. The van der Waals surface area contributed by atoms with Gasteiger partial charge in [0.2, 0.25) is 17.7 Å². The fourth-order valence-electron chi connectivity index (χ4n) is 4.12. The third kappa shape index (κ3) is 4.39. The van der Waals surface area contributed by atoms with Gasteiger partial charge in [-0.1, -0.05) is 18.2 Å². The van der Waals surface area contributed by atoms with Crippen molar-refractivity contribution >= 4 is 29.1 Å². The maximum Gasteiger partial charge on any atom is 0.243 e. The molecule has 2 aromatic rings. The van der Waals surface area contributed by atoms with Gasteiger partial charge in [-0.3, -0.25) is 14.4 Å². The molecule has 0 saturated carbocycles. The third-order valence-corrected chi connectivity index (χ3v) is 5.81. The van der Waals surface area contributed by atoms with E-state index in [1.807, 2.05) is 32.0 Å². The van der Waals surface area contributed by atoms with Gasteiger partial charge in [0, 0.05) is 37.5 Å². The number of hydrogen-bond acceptors (Lipinski definition) is 5. The van der Waals surface area contributed by atoms with Crippen LogP contribution in [0.3, 0.4) is 0 Å². The molecule has 1 N–H and O–H groups in total. The van der Waals surface area contributed by atoms with E-state index in [-0.39, 0.29) is 37.2 Å². The predicted octanol–water partition coefficient (Wildman–Crippen LogP) is 2.52. The number of ether oxygens (including phenoxy) is 2. The average Bonchev–Trinajstić information content (AvgIpc) is 3.17. The van der Waals surface area contributed by atoms with Crippen LogP contribution in [-0.2, 0) is 14.4 Å². The van der Waals surface area contributed by atoms with E-state index in [4.69, 9.17) is 9.47 Å². The highest BCUT2D eigenvalue weighted by molar-refractivity contribution is 6.01. The Morgan fingerprint density at radius 3 is 2.50 bits per heavy atom. The molecule has 8 heteroatoms. The summed E-state index contributed by atoms with van der Waals surface area (Å²) >= 11 is 0. The lowest BCUT2D eigenvalue weighted by molar-refractivity contribution is -0.137. The molecule has 0 spiro atoms. The zero-order valence-electron chi connectivity index (χ0n) is 18.5. The number of carbonyl (C=O) groups excluding carboxylic acids is 3. The van der Waals surface area contributed by atoms with Crippen molar-refractivity contribution in [1.29, 1.82) is 0 Å². The van der Waals surface area contributed by atoms with Gasteiger partial charge in [0.25, 0.3) is 0 Å². The highest BCUT2D eigenvalue weighted by Crippen LogP contribution is 2.36. The molecule has 2 heterocycles. The van der Waals surface area contributed by atoms with Gasteiger partial charge in [0.05, 0.1) is 12.5 Å². The van der Waals surface area contributed by atoms with Crippen molar-refractivity contribution < 1.29 is 23.9 Å². The Morgan fingerprint density at radius 2 is 1.78 bits per heavy atom. The SMILES string of the molecule is Cc1cccc(C)c1NC(=O)CN(C)C(=O)[C@@H]1CC(=O)N(c2ccc3c(c2)OCCO3)C1. The Hall–Kier alpha value is -3.55. The number of nitrogens with zero attached hydrogens (tertiary/aromatic N) is 2. The first-order chi connectivity index (χ1) is 15.3. The molecule has 0 radical (unpaired) electrons. The molecule has 4 rings (SSSR count). The summed E-state index contributed by atoms with van der Waals surface area (Å²) in [6, 6.07) is 11.1. The molecule has 0 aromatic heterocycles. The van der Waals surface area contributed by atoms with Gasteiger partial charge in [-0.15, -0.1) is 0 Å². The molecule has 3 amide bonds. The van der Waals surface area contributed by atoms with Gasteiger partial charge in [-0.25, -0.2) is 0 Å². The number of aryl methyl sites for hydroxylation is 2. The van der Waals surface area contributed by atoms with Gasteiger partial charge < -0.3 is 24.6 Å². The second kappa shape index (κ2) is 8.90. The minimum atomic E-state index is -0.506. The van der Waals surface area contributed by atoms with E-state index in [9.17, 15) is 14.4 Å². The minimum Gasteiger partial charge on any atom is -0.486 e. The number of hydrogen-bond donors (Lipinski definition) is 1. The van der Waals surface area contributed by atoms with Crippen molar-refractivity contribution in [2.45, 2.75) is 20.3 Å². The van der Waals surface area contributed by atoms with Crippen LogP contribution in [0.2, 0.25) is 0 Å². The molecule has 2 aliphatic rings. The summed E-state index contributed by atoms with van der Waals surface area (Å²) in [6.45, 7) is 4.99. The second-order valence-corrected chi connectivity index (χ2v) is 8.24. The lowest BCUT2D eigenvalue weighted by atomic mass is 10.1. The summed E-state index contributed by atoms with van der Waals surface area (Å²) in [6.07, 6.45) is 0.107. The Kier molecular flexibility index (Phi) is 6.03. The van der Waals surface area contributed by atoms with Crippen LogP contribution in [0.5, 0.6) is 11.5 Å². The van der Waals surface area contributed by atoms with Crippen molar-refractivity contribution in [3.8, 4) is 11.5 Å². The second-order valence-electron chi connectivity index (χ2n) is 8.24. The van der Waals surface area contributed by atoms with Crippen molar-refractivity contribution in [3.05, 3.63) is 47.5 Å². The van der Waals surface area contributed by atoms with Gasteiger partial charge in [0.15, 0.2) is 11.5 Å². The number of anilines is 2. The predicted molar refractivity (Wildman–Crippen MR) is 120 cm³/mol. The Bertz CT molecular complexity index is 1050. The zero-order chi connectivity index (χ0) is 22.8. The van der Waals surface area contributed by atoms with Gasteiger partial charge in [0.1, 0.15) is 13.2 Å². The molecule has 1 fully saturated rings. The van der Waals surface area contributed by atoms with Crippen molar-refractivity contribution in [2.75, 3.05) is 43.6 Å². The molecular formula is C24H27N3O5. The summed E-state index contributed by atoms with van der Waals surface area (Å²) in [5.74, 6) is 0.106. The van der Waals surface area contributed by atoms with Crippen molar-refractivity contribution in [2.24, 2.45) is 5.92 Å². The number of rotatable bonds is 5. The Balaban J connectivity index is 1.38. The largest absolute Gasteiger partial charge is 0.486 e. The molecule has 1 atom stereocenters. The van der Waals surface area contributed by atoms with Crippen LogP contribution < -0.4 is 19.7 Å². The quantitative estimate of drug-likeness (QED) is 0.777. The molecule has 2 aromatic carbocycles. The fraction of sp³-hybridized carbons (Fsp3) is 0.375. The number of fused-ring (bicyclic) bond motifs is 1. The Morgan fingerprint density at radius 1 is 1.09 bits per heavy atom. The lowest BCUT2D eigenvalue weighted by Gasteiger charge is -2.23. The van der Waals surface area contributed by atoms with E-state index in [1.54, 1.807) is 30.1 Å². The third-order valence-electron chi connectivity index (χ3n) is 5.81. The molecule has 0 unspecified atom stereocenters. The van der Waals surface area contributed by atoms with Gasteiger partial charge in [-0.2, -0.15) is 0 Å². The molecule has 0 bridgehead atoms. The number of nitrogens with one attached hydrogen (secondary N) is 1. The van der Waals surface area contributed by atoms with E-state index >= 15 is 0 Å². The van der Waals surface area contributed by atoms with E-state index in [0.29, 0.717) is 30.4 Å². The summed E-state index contributed by atoms with van der Waals surface area (Å²) in [5.41, 5.74) is 3.36. The topological polar surface area (TPSA) is 88.2 Å². The van der Waals surface area contributed by atoms with E-state index in [1.165, 1.54) is 4.90 Å². The highest BCUT2D eigenvalue weighted by atomic mass is 16.6. The number of benzene rings is 2. The summed E-state index contributed by atoms with van der Waals surface area (Å²) < 4.78 is 11.1. The minimum absolute atomic E-state index is 0.0820. The van der Waals surface area contributed by atoms with Crippen LogP contribution in [0.4, 0.5) is 11.4 Å². The smallest absolute Gasteiger partial charge is 0.243 e. The van der Waals surface area contributed by atoms with Gasteiger partial charge >= 0.3 is 0 Å². The number of carbonyl (C=O) groups is 3. The molecule has 8 nitrogen and oxygen atoms in total. The number of likely N-dealkylation sites (N-methyl/N-ethyl adjacent to an activating group) is 1. The van der Waals surface area contributed by atoms with E-state index < -0.39 is 5.92 Å². The summed E-state index contributed by atoms with van der Waals surface area (Å²) in [4.78, 5) is 41.1. The van der Waals surface area contributed by atoms with Crippen LogP contribution in [0.15, 0.2) is 36.4 Å². The average molecular weight is 437 g/mol. The van der Waals surface area contributed by atoms with Crippen LogP contribution in [0, 0.1) is 19.8 Å². The number of para-hydroxylation sites is 1. The lowest BCUT2D eigenvalue weighted by Crippen LogP contribution is -2.39. The normalized spacial score (nSPS) is 17.3. The van der Waals surface area contributed by atoms with Crippen LogP contribution in [-0.4, -0.2) is 56.0 Å². The number of amides is 3. The first-order valence-corrected chi connectivity index (χ1v) is 10.6. The highest BCUT2D eigenvalue weighted by Gasteiger charge is 2.37. The van der Waals surface area contributed by atoms with Gasteiger partial charge in [-0.05, 0) is 37.1 Å². The maximum atomic E-state index is 12.9. The molecule has 168 valence electrons. The van der Waals surface area contributed by atoms with Crippen LogP contribution in [0.1, 0.15) is 17.5 Å².